The number of hydrogen-bond acceptors (Lipinski definition) is 6. The number of sulfonamides is 1. The molecule has 3 heterocycles. The Morgan fingerprint density at radius 1 is 1.32 bits per heavy atom. The van der Waals surface area contributed by atoms with Crippen LogP contribution in [0.25, 0.3) is 15.9 Å². The molecule has 31 heavy (non-hydrogen) atoms. The summed E-state index contributed by atoms with van der Waals surface area (Å²) >= 11 is 7.45. The highest BCUT2D eigenvalue weighted by molar-refractivity contribution is 7.92. The van der Waals surface area contributed by atoms with Gasteiger partial charge in [-0.05, 0) is 31.1 Å². The van der Waals surface area contributed by atoms with E-state index in [1.165, 1.54) is 15.7 Å². The first kappa shape index (κ1) is 21.9. The molecule has 4 rings (SSSR count). The molecule has 0 bridgehead atoms. The molecule has 0 atom stereocenters. The lowest BCUT2D eigenvalue weighted by Crippen LogP contribution is -2.25. The van der Waals surface area contributed by atoms with E-state index in [1.807, 2.05) is 12.3 Å². The molecule has 0 unspecified atom stereocenters. The lowest BCUT2D eigenvalue weighted by atomic mass is 10.1. The van der Waals surface area contributed by atoms with E-state index in [-0.39, 0.29) is 10.2 Å². The fourth-order valence-electron chi connectivity index (χ4n) is 3.68. The number of aromatic nitrogens is 3. The van der Waals surface area contributed by atoms with Gasteiger partial charge in [0.05, 0.1) is 18.3 Å². The summed E-state index contributed by atoms with van der Waals surface area (Å²) in [5.74, 6) is 0.560. The standard InChI is InChI=1S/C20H24ClN5O3S2/c1-4-25(5-2)7-6-13-12-22-17-15(13)10-14(11-16(17)29-3)24-31(27,28)19-18(21)23-20-26(19)8-9-30-20/h8-12,22,24H,4-7H2,1-3H3. The Morgan fingerprint density at radius 2 is 2.10 bits per heavy atom. The van der Waals surface area contributed by atoms with Gasteiger partial charge in [-0.2, -0.15) is 8.42 Å². The number of anilines is 1. The molecular formula is C20H24ClN5O3S2. The number of H-pyrrole nitrogens is 1. The predicted molar refractivity (Wildman–Crippen MR) is 125 cm³/mol. The third kappa shape index (κ3) is 4.12. The van der Waals surface area contributed by atoms with Crippen LogP contribution in [0.3, 0.4) is 0 Å². The maximum absolute atomic E-state index is 13.1. The third-order valence-corrected chi connectivity index (χ3v) is 7.87. The second-order valence-corrected chi connectivity index (χ2v) is 9.89. The zero-order valence-corrected chi connectivity index (χ0v) is 19.9. The first-order chi connectivity index (χ1) is 14.9. The molecule has 0 saturated carbocycles. The maximum atomic E-state index is 13.1. The van der Waals surface area contributed by atoms with Crippen LogP contribution in [0.15, 0.2) is 34.9 Å². The van der Waals surface area contributed by atoms with Gasteiger partial charge >= 0.3 is 0 Å². The molecule has 0 saturated heterocycles. The number of benzene rings is 1. The van der Waals surface area contributed by atoms with E-state index in [9.17, 15) is 8.42 Å². The maximum Gasteiger partial charge on any atom is 0.281 e. The number of nitrogens with zero attached hydrogens (tertiary/aromatic N) is 3. The summed E-state index contributed by atoms with van der Waals surface area (Å²) in [7, 11) is -2.41. The molecular weight excluding hydrogens is 458 g/mol. The number of thiazole rings is 1. The highest BCUT2D eigenvalue weighted by Gasteiger charge is 2.26. The Morgan fingerprint density at radius 3 is 2.81 bits per heavy atom. The van der Waals surface area contributed by atoms with Crippen molar-refractivity contribution in [1.29, 1.82) is 0 Å². The van der Waals surface area contributed by atoms with Crippen LogP contribution < -0.4 is 9.46 Å². The minimum absolute atomic E-state index is 0.0612. The van der Waals surface area contributed by atoms with E-state index in [4.69, 9.17) is 16.3 Å². The van der Waals surface area contributed by atoms with Crippen molar-refractivity contribution < 1.29 is 13.2 Å². The normalized spacial score (nSPS) is 12.3. The molecule has 166 valence electrons. The minimum Gasteiger partial charge on any atom is -0.494 e. The van der Waals surface area contributed by atoms with E-state index in [1.54, 1.807) is 24.8 Å². The van der Waals surface area contributed by atoms with E-state index < -0.39 is 10.0 Å². The van der Waals surface area contributed by atoms with Gasteiger partial charge in [-0.15, -0.1) is 11.3 Å². The van der Waals surface area contributed by atoms with Gasteiger partial charge in [0.15, 0.2) is 15.1 Å². The second-order valence-electron chi connectivity index (χ2n) is 7.06. The molecule has 2 N–H and O–H groups in total. The van der Waals surface area contributed by atoms with Crippen molar-refractivity contribution >= 4 is 54.5 Å². The summed E-state index contributed by atoms with van der Waals surface area (Å²) in [5.41, 5.74) is 2.33. The molecule has 0 spiro atoms. The summed E-state index contributed by atoms with van der Waals surface area (Å²) in [6.07, 6.45) is 4.43. The number of imidazole rings is 1. The number of methoxy groups -OCH3 is 1. The van der Waals surface area contributed by atoms with Crippen LogP contribution in [0.4, 0.5) is 5.69 Å². The molecule has 0 aliphatic rings. The smallest absolute Gasteiger partial charge is 0.281 e. The van der Waals surface area contributed by atoms with Crippen LogP contribution in [0.5, 0.6) is 5.75 Å². The zero-order valence-electron chi connectivity index (χ0n) is 17.5. The van der Waals surface area contributed by atoms with E-state index in [0.29, 0.717) is 16.4 Å². The van der Waals surface area contributed by atoms with Crippen LogP contribution in [0.2, 0.25) is 5.15 Å². The van der Waals surface area contributed by atoms with Crippen LogP contribution in [0.1, 0.15) is 19.4 Å². The van der Waals surface area contributed by atoms with Crippen LogP contribution in [-0.2, 0) is 16.4 Å². The number of likely N-dealkylation sites (N-methyl/N-ethyl adjacent to an activating group) is 1. The Kier molecular flexibility index (Phi) is 6.16. The summed E-state index contributed by atoms with van der Waals surface area (Å²) in [5, 5.41) is 2.54. The van der Waals surface area contributed by atoms with Gasteiger partial charge in [0.25, 0.3) is 10.0 Å². The Labute approximate surface area is 189 Å². The minimum atomic E-state index is -3.97. The average molecular weight is 482 g/mol. The van der Waals surface area contributed by atoms with Gasteiger partial charge in [0.2, 0.25) is 0 Å². The number of rotatable bonds is 9. The van der Waals surface area contributed by atoms with Crippen molar-refractivity contribution in [3.8, 4) is 5.75 Å². The number of halogens is 1. The van der Waals surface area contributed by atoms with Crippen molar-refractivity contribution in [3.63, 3.8) is 0 Å². The van der Waals surface area contributed by atoms with Crippen LogP contribution in [0, 0.1) is 0 Å². The molecule has 0 aliphatic heterocycles. The second kappa shape index (κ2) is 8.70. The summed E-state index contributed by atoms with van der Waals surface area (Å²) < 4.78 is 35.9. The fraction of sp³-hybridized carbons (Fsp3) is 0.350. The molecule has 4 aromatic rings. The molecule has 1 aromatic carbocycles. The van der Waals surface area contributed by atoms with E-state index in [2.05, 4.69) is 33.4 Å². The first-order valence-electron chi connectivity index (χ1n) is 9.92. The summed E-state index contributed by atoms with van der Waals surface area (Å²) in [4.78, 5) is 10.2. The van der Waals surface area contributed by atoms with Crippen molar-refractivity contribution in [2.75, 3.05) is 31.5 Å². The zero-order chi connectivity index (χ0) is 22.2. The molecule has 0 amide bonds. The molecule has 0 fully saturated rings. The topological polar surface area (TPSA) is 91.7 Å². The van der Waals surface area contributed by atoms with Gasteiger partial charge in [0.1, 0.15) is 5.75 Å². The molecule has 0 radical (unpaired) electrons. The van der Waals surface area contributed by atoms with Crippen molar-refractivity contribution in [3.05, 3.63) is 40.6 Å². The van der Waals surface area contributed by atoms with Gasteiger partial charge in [-0.3, -0.25) is 9.12 Å². The van der Waals surface area contributed by atoms with Gasteiger partial charge in [-0.25, -0.2) is 4.98 Å². The van der Waals surface area contributed by atoms with Gasteiger partial charge in [-0.1, -0.05) is 25.4 Å². The molecule has 3 aromatic heterocycles. The lowest BCUT2D eigenvalue weighted by Gasteiger charge is -2.17. The Balaban J connectivity index is 1.71. The summed E-state index contributed by atoms with van der Waals surface area (Å²) in [6.45, 7) is 7.16. The average Bonchev–Trinajstić information content (AvgIpc) is 3.42. The number of nitrogens with one attached hydrogen (secondary N) is 2. The van der Waals surface area contributed by atoms with Crippen molar-refractivity contribution in [2.24, 2.45) is 0 Å². The monoisotopic (exact) mass is 481 g/mol. The van der Waals surface area contributed by atoms with Gasteiger partial charge in [0, 0.05) is 35.8 Å². The fourth-order valence-corrected chi connectivity index (χ4v) is 6.18. The SMILES string of the molecule is CCN(CC)CCc1c[nH]c2c(OC)cc(NS(=O)(=O)c3c(Cl)nc4sccn34)cc12. The highest BCUT2D eigenvalue weighted by atomic mass is 35.5. The molecule has 8 nitrogen and oxygen atoms in total. The molecule has 0 aliphatic carbocycles. The number of fused-ring (bicyclic) bond motifs is 2. The number of aromatic amines is 1. The number of hydrogen-bond donors (Lipinski definition) is 2. The van der Waals surface area contributed by atoms with Crippen molar-refractivity contribution in [2.45, 2.75) is 25.3 Å². The highest BCUT2D eigenvalue weighted by Crippen LogP contribution is 2.34. The largest absolute Gasteiger partial charge is 0.494 e. The Bertz CT molecular complexity index is 1320. The van der Waals surface area contributed by atoms with Crippen LogP contribution >= 0.6 is 22.9 Å². The number of ether oxygens (including phenoxy) is 1. The lowest BCUT2D eigenvalue weighted by molar-refractivity contribution is 0.308. The van der Waals surface area contributed by atoms with Gasteiger partial charge < -0.3 is 14.6 Å². The summed E-state index contributed by atoms with van der Waals surface area (Å²) in [6, 6.07) is 3.48. The van der Waals surface area contributed by atoms with Crippen LogP contribution in [-0.4, -0.2) is 54.4 Å². The van der Waals surface area contributed by atoms with Crippen molar-refractivity contribution in [1.82, 2.24) is 19.3 Å². The first-order valence-corrected chi connectivity index (χ1v) is 12.7. The quantitative estimate of drug-likeness (QED) is 0.373. The van der Waals surface area contributed by atoms with E-state index in [0.717, 1.165) is 42.5 Å². The predicted octanol–water partition coefficient (Wildman–Crippen LogP) is 4.22. The Hall–Kier alpha value is -2.27. The van der Waals surface area contributed by atoms with E-state index >= 15 is 0 Å². The third-order valence-electron chi connectivity index (χ3n) is 5.34. The molecule has 11 heteroatoms.